The Morgan fingerprint density at radius 3 is 2.25 bits per heavy atom. The molecule has 0 aliphatic rings. The van der Waals surface area contributed by atoms with Crippen molar-refractivity contribution >= 4 is 57.5 Å². The average Bonchev–Trinajstić information content (AvgIpc) is 3.16. The van der Waals surface area contributed by atoms with Gasteiger partial charge in [0.15, 0.2) is 28.4 Å². The smallest absolute Gasteiger partial charge is 0.280 e. The molecular formula is C38H51ClN10O6. The fourth-order valence-corrected chi connectivity index (χ4v) is 6.03. The molecule has 4 aromatic rings. The molecule has 0 aliphatic heterocycles. The second kappa shape index (κ2) is 21.2. The number of aromatic nitrogens is 2. The van der Waals surface area contributed by atoms with Gasteiger partial charge in [0.25, 0.3) is 5.91 Å². The third-order valence-corrected chi connectivity index (χ3v) is 9.22. The third kappa shape index (κ3) is 13.1. The number of fused-ring (bicyclic) bond motifs is 1. The molecule has 3 aromatic carbocycles. The molecule has 4 rings (SSSR count). The van der Waals surface area contributed by atoms with Crippen molar-refractivity contribution in [2.75, 3.05) is 43.0 Å². The molecule has 0 unspecified atom stereocenters. The van der Waals surface area contributed by atoms with E-state index in [2.05, 4.69) is 43.0 Å². The molecule has 0 saturated heterocycles. The molecule has 2 amide bonds. The molecule has 0 aliphatic carbocycles. The van der Waals surface area contributed by atoms with Gasteiger partial charge in [0.1, 0.15) is 0 Å². The molecule has 0 fully saturated rings. The van der Waals surface area contributed by atoms with E-state index in [0.717, 1.165) is 53.1 Å². The lowest BCUT2D eigenvalue weighted by Gasteiger charge is -2.20. The minimum absolute atomic E-state index is 0.0841. The number of amides is 2. The first-order chi connectivity index (χ1) is 26.4. The molecule has 0 spiro atoms. The number of guanidine groups is 1. The summed E-state index contributed by atoms with van der Waals surface area (Å²) in [6.07, 6.45) is 0.869. The van der Waals surface area contributed by atoms with Crippen molar-refractivity contribution in [2.24, 2.45) is 16.5 Å². The van der Waals surface area contributed by atoms with Crippen LogP contribution >= 0.6 is 11.6 Å². The lowest BCUT2D eigenvalue weighted by atomic mass is 9.93. The van der Waals surface area contributed by atoms with Crippen LogP contribution in [-0.4, -0.2) is 98.8 Å². The number of carbonyl (C=O) groups is 2. The lowest BCUT2D eigenvalue weighted by molar-refractivity contribution is -0.117. The van der Waals surface area contributed by atoms with Crippen molar-refractivity contribution in [3.63, 3.8) is 0 Å². The zero-order valence-corrected chi connectivity index (χ0v) is 31.3. The van der Waals surface area contributed by atoms with Gasteiger partial charge in [-0.3, -0.25) is 19.9 Å². The Morgan fingerprint density at radius 2 is 1.55 bits per heavy atom. The zero-order chi connectivity index (χ0) is 39.9. The number of halogens is 1. The van der Waals surface area contributed by atoms with Crippen LogP contribution < -0.4 is 38.9 Å². The Kier molecular flexibility index (Phi) is 16.5. The van der Waals surface area contributed by atoms with Gasteiger partial charge in [0.2, 0.25) is 5.91 Å². The molecule has 1 heterocycles. The van der Waals surface area contributed by atoms with Crippen LogP contribution in [0.25, 0.3) is 10.8 Å². The highest BCUT2D eigenvalue weighted by Crippen LogP contribution is 2.26. The van der Waals surface area contributed by atoms with Gasteiger partial charge < -0.3 is 54.0 Å². The fourth-order valence-electron chi connectivity index (χ4n) is 5.90. The van der Waals surface area contributed by atoms with Gasteiger partial charge in [0, 0.05) is 25.2 Å². The Hall–Kier alpha value is -4.94. The second-order valence-electron chi connectivity index (χ2n) is 13.3. The maximum absolute atomic E-state index is 13.1. The molecule has 0 radical (unpaired) electrons. The van der Waals surface area contributed by atoms with E-state index in [0.29, 0.717) is 31.6 Å². The van der Waals surface area contributed by atoms with Crippen LogP contribution in [0.1, 0.15) is 52.9 Å². The van der Waals surface area contributed by atoms with Gasteiger partial charge in [-0.1, -0.05) is 60.1 Å². The molecule has 17 heteroatoms. The Bertz CT molecular complexity index is 1920. The number of aliphatic hydroxyl groups excluding tert-OH is 4. The summed E-state index contributed by atoms with van der Waals surface area (Å²) in [5.41, 5.74) is 27.2. The summed E-state index contributed by atoms with van der Waals surface area (Å²) in [7, 11) is 0. The summed E-state index contributed by atoms with van der Waals surface area (Å²) in [6.45, 7) is 0.694. The standard InChI is InChI=1S/C38H51ClN10O6/c39-33-35(42)48-34(41)32(47-33)37(55)49-38(43)45-17-4-3-7-23-12-13-24(28-9-2-1-8-27(23)28)18-29(40)36(54)46-25-14-10-22(11-15-25)6-5-16-44-20-31(53)30(52)19-26(51)21-50/h1-2,8-15,26,29-31,44,50-53H,3-7,16-21,40H2,(H,46,54)(H4,41,42,48)(H3,43,45,49,55)/t26-,29-,30-,31-/m0/s1. The lowest BCUT2D eigenvalue weighted by Crippen LogP contribution is -2.39. The Balaban J connectivity index is 1.21. The number of aliphatic hydroxyl groups is 4. The predicted octanol–water partition coefficient (Wildman–Crippen LogP) is 1.01. The second-order valence-corrected chi connectivity index (χ2v) is 13.6. The normalized spacial score (nSPS) is 14.0. The van der Waals surface area contributed by atoms with Gasteiger partial charge in [-0.2, -0.15) is 0 Å². The number of nitrogen functional groups attached to an aromatic ring is 2. The van der Waals surface area contributed by atoms with Crippen molar-refractivity contribution in [3.8, 4) is 0 Å². The topological polar surface area (TPSA) is 293 Å². The minimum Gasteiger partial charge on any atom is -0.394 e. The van der Waals surface area contributed by atoms with Crippen molar-refractivity contribution < 1.29 is 30.0 Å². The monoisotopic (exact) mass is 778 g/mol. The van der Waals surface area contributed by atoms with E-state index in [1.807, 2.05) is 48.5 Å². The highest BCUT2D eigenvalue weighted by Gasteiger charge is 2.20. The summed E-state index contributed by atoms with van der Waals surface area (Å²) < 4.78 is 0. The van der Waals surface area contributed by atoms with Gasteiger partial charge >= 0.3 is 0 Å². The van der Waals surface area contributed by atoms with E-state index >= 15 is 0 Å². The number of anilines is 3. The van der Waals surface area contributed by atoms with Crippen molar-refractivity contribution in [2.45, 2.75) is 69.3 Å². The zero-order valence-electron chi connectivity index (χ0n) is 30.5. The number of hydrogen-bond donors (Lipinski definition) is 11. The molecule has 0 bridgehead atoms. The van der Waals surface area contributed by atoms with E-state index in [-0.39, 0.29) is 47.3 Å². The van der Waals surface area contributed by atoms with E-state index in [1.54, 1.807) is 0 Å². The van der Waals surface area contributed by atoms with Crippen LogP contribution in [-0.2, 0) is 24.1 Å². The van der Waals surface area contributed by atoms with Crippen molar-refractivity contribution in [3.05, 3.63) is 88.2 Å². The van der Waals surface area contributed by atoms with Crippen molar-refractivity contribution in [1.29, 1.82) is 0 Å². The number of unbranched alkanes of at least 4 members (excludes halogenated alkanes) is 1. The van der Waals surface area contributed by atoms with Crippen LogP contribution in [0.4, 0.5) is 17.3 Å². The first kappa shape index (κ1) is 42.8. The first-order valence-electron chi connectivity index (χ1n) is 18.1. The number of nitrogens with one attached hydrogen (secondary N) is 3. The van der Waals surface area contributed by atoms with Gasteiger partial charge in [-0.15, -0.1) is 0 Å². The number of hydrogen-bond acceptors (Lipinski definition) is 13. The number of nitrogens with zero attached hydrogens (tertiary/aromatic N) is 3. The van der Waals surface area contributed by atoms with E-state index in [4.69, 9.17) is 39.6 Å². The van der Waals surface area contributed by atoms with Gasteiger partial charge in [-0.25, -0.2) is 9.97 Å². The van der Waals surface area contributed by atoms with Crippen LogP contribution in [0.15, 0.2) is 65.7 Å². The SMILES string of the molecule is NC(=NCCCCc1ccc(C[C@H](N)C(=O)Nc2ccc(CCCNC[C@H](O)[C@@H](O)C[C@H](O)CO)cc2)c2ccccc12)NC(=O)c1nc(Cl)c(N)nc1N. The van der Waals surface area contributed by atoms with E-state index in [9.17, 15) is 24.9 Å². The number of rotatable bonds is 20. The molecule has 55 heavy (non-hydrogen) atoms. The van der Waals surface area contributed by atoms with Crippen molar-refractivity contribution in [1.82, 2.24) is 20.6 Å². The van der Waals surface area contributed by atoms with Crippen LogP contribution in [0.5, 0.6) is 0 Å². The maximum atomic E-state index is 13.1. The summed E-state index contributed by atoms with van der Waals surface area (Å²) in [6, 6.07) is 18.9. The summed E-state index contributed by atoms with van der Waals surface area (Å²) in [5.74, 6) is -1.33. The van der Waals surface area contributed by atoms with Gasteiger partial charge in [0.05, 0.1) is 31.0 Å². The summed E-state index contributed by atoms with van der Waals surface area (Å²) in [4.78, 5) is 37.4. The van der Waals surface area contributed by atoms with Crippen LogP contribution in [0.3, 0.4) is 0 Å². The number of carbonyl (C=O) groups excluding carboxylic acids is 2. The molecule has 296 valence electrons. The number of nitrogens with two attached hydrogens (primary N) is 4. The average molecular weight is 779 g/mol. The Morgan fingerprint density at radius 1 is 0.855 bits per heavy atom. The summed E-state index contributed by atoms with van der Waals surface area (Å²) >= 11 is 5.85. The molecule has 15 N–H and O–H groups in total. The molecule has 16 nitrogen and oxygen atoms in total. The third-order valence-electron chi connectivity index (χ3n) is 8.94. The van der Waals surface area contributed by atoms with E-state index in [1.165, 1.54) is 0 Å². The quantitative estimate of drug-likeness (QED) is 0.0340. The number of benzene rings is 3. The Labute approximate surface area is 324 Å². The number of aryl methyl sites for hydroxylation is 2. The first-order valence-corrected chi connectivity index (χ1v) is 18.4. The molecule has 0 saturated carbocycles. The fraction of sp³-hybridized carbons (Fsp3) is 0.395. The van der Waals surface area contributed by atoms with E-state index < -0.39 is 36.9 Å². The van der Waals surface area contributed by atoms with Gasteiger partial charge in [-0.05, 0) is 84.7 Å². The summed E-state index contributed by atoms with van der Waals surface area (Å²) in [5, 5.41) is 48.6. The molecular weight excluding hydrogens is 728 g/mol. The largest absolute Gasteiger partial charge is 0.394 e. The maximum Gasteiger partial charge on any atom is 0.280 e. The van der Waals surface area contributed by atoms with Crippen LogP contribution in [0.2, 0.25) is 5.15 Å². The number of aliphatic imine (C=N–C) groups is 1. The minimum atomic E-state index is -1.13. The molecule has 4 atom stereocenters. The highest BCUT2D eigenvalue weighted by atomic mass is 35.5. The van der Waals surface area contributed by atoms with Crippen LogP contribution in [0, 0.1) is 0 Å². The predicted molar refractivity (Wildman–Crippen MR) is 214 cm³/mol. The molecule has 1 aromatic heterocycles. The highest BCUT2D eigenvalue weighted by molar-refractivity contribution is 6.31.